The lowest BCUT2D eigenvalue weighted by molar-refractivity contribution is -0.313. The zero-order valence-electron chi connectivity index (χ0n) is 24.7. The van der Waals surface area contributed by atoms with E-state index in [9.17, 15) is 31.5 Å². The Bertz CT molecular complexity index is 1820. The van der Waals surface area contributed by atoms with E-state index in [4.69, 9.17) is 42.1 Å². The lowest BCUT2D eigenvalue weighted by atomic mass is 9.87. The summed E-state index contributed by atoms with van der Waals surface area (Å²) in [6, 6.07) is 12.4. The molecule has 252 valence electrons. The van der Waals surface area contributed by atoms with Gasteiger partial charge in [-0.3, -0.25) is 9.59 Å². The summed E-state index contributed by atoms with van der Waals surface area (Å²) in [6.45, 7) is 0.935. The molecule has 0 saturated carbocycles. The maximum absolute atomic E-state index is 14.3. The maximum Gasteiger partial charge on any atom is 0.416 e. The van der Waals surface area contributed by atoms with Crippen LogP contribution in [-0.4, -0.2) is 57.8 Å². The minimum atomic E-state index is -4.80. The van der Waals surface area contributed by atoms with Crippen LogP contribution >= 0.6 is 23.2 Å². The predicted molar refractivity (Wildman–Crippen MR) is 159 cm³/mol. The van der Waals surface area contributed by atoms with Crippen molar-refractivity contribution < 1.29 is 50.5 Å². The van der Waals surface area contributed by atoms with Gasteiger partial charge in [0.05, 0.1) is 18.4 Å². The number of carbonyl (C=O) groups is 2. The van der Waals surface area contributed by atoms with E-state index >= 15 is 0 Å². The number of alkyl halides is 3. The Morgan fingerprint density at radius 3 is 2.40 bits per heavy atom. The Labute approximate surface area is 279 Å². The van der Waals surface area contributed by atoms with Crippen molar-refractivity contribution in [1.29, 1.82) is 0 Å². The fraction of sp³-hybridized carbons (Fsp3) is 0.312. The van der Waals surface area contributed by atoms with Crippen molar-refractivity contribution >= 4 is 35.0 Å². The van der Waals surface area contributed by atoms with Crippen LogP contribution in [0, 0.1) is 11.6 Å². The van der Waals surface area contributed by atoms with Crippen molar-refractivity contribution in [1.82, 2.24) is 15.0 Å². The lowest BCUT2D eigenvalue weighted by Gasteiger charge is -2.48. The normalized spacial score (nSPS) is 24.2. The largest absolute Gasteiger partial charge is 0.457 e. The summed E-state index contributed by atoms with van der Waals surface area (Å²) < 4.78 is 95.3. The van der Waals surface area contributed by atoms with Crippen LogP contribution in [0.2, 0.25) is 10.0 Å². The second-order valence-corrected chi connectivity index (χ2v) is 11.9. The van der Waals surface area contributed by atoms with E-state index in [-0.39, 0.29) is 22.9 Å². The zero-order chi connectivity index (χ0) is 34.3. The van der Waals surface area contributed by atoms with Crippen LogP contribution in [0.5, 0.6) is 0 Å². The molecule has 6 atom stereocenters. The molecule has 9 nitrogen and oxygen atoms in total. The first-order valence-electron chi connectivity index (χ1n) is 14.4. The van der Waals surface area contributed by atoms with Gasteiger partial charge < -0.3 is 18.9 Å². The standard InChI is InChI=1S/C32H24Cl2F5N3O6/c1-15(43)46-30-27(42-13-23(40-41-42)18-10-21(35)26(34)22(36)11-18)29-25(14-45-31(48-29)16-5-3-2-4-6-16)47-28(30)24(44)12-17-9-19(33)7-8-20(17)32(37,38)39/h2-11,13,25,27-31H,12,14H2,1H3/t25-,27+,28+,29+,30-,31?/m1/s1. The summed E-state index contributed by atoms with van der Waals surface area (Å²) in [5.41, 5.74) is -0.912. The summed E-state index contributed by atoms with van der Waals surface area (Å²) in [4.78, 5) is 26.3. The molecule has 2 aliphatic heterocycles. The Kier molecular flexibility index (Phi) is 9.55. The predicted octanol–water partition coefficient (Wildman–Crippen LogP) is 6.72. The van der Waals surface area contributed by atoms with Crippen molar-refractivity contribution in [2.45, 2.75) is 56.3 Å². The summed E-state index contributed by atoms with van der Waals surface area (Å²) in [5, 5.41) is 7.41. The molecular formula is C32H24Cl2F5N3O6. The molecule has 0 bridgehead atoms. The van der Waals surface area contributed by atoms with E-state index in [1.54, 1.807) is 30.3 Å². The summed E-state index contributed by atoms with van der Waals surface area (Å²) >= 11 is 11.6. The molecule has 0 spiro atoms. The number of ketones is 1. The lowest BCUT2D eigenvalue weighted by Crippen LogP contribution is -2.62. The second-order valence-electron chi connectivity index (χ2n) is 11.1. The van der Waals surface area contributed by atoms with Gasteiger partial charge in [0.2, 0.25) is 0 Å². The number of ether oxygens (including phenoxy) is 4. The Morgan fingerprint density at radius 2 is 1.73 bits per heavy atom. The third-order valence-corrected chi connectivity index (χ3v) is 8.47. The Morgan fingerprint density at radius 1 is 1.02 bits per heavy atom. The topological polar surface area (TPSA) is 102 Å². The molecule has 2 fully saturated rings. The first kappa shape index (κ1) is 33.9. The van der Waals surface area contributed by atoms with Crippen LogP contribution in [0.3, 0.4) is 0 Å². The highest BCUT2D eigenvalue weighted by molar-refractivity contribution is 6.31. The van der Waals surface area contributed by atoms with Crippen molar-refractivity contribution in [2.24, 2.45) is 0 Å². The average molecular weight is 712 g/mol. The molecule has 4 aromatic rings. The van der Waals surface area contributed by atoms with Gasteiger partial charge in [-0.1, -0.05) is 58.7 Å². The highest BCUT2D eigenvalue weighted by Gasteiger charge is 2.55. The molecule has 16 heteroatoms. The van der Waals surface area contributed by atoms with Crippen LogP contribution in [0.25, 0.3) is 11.3 Å². The van der Waals surface area contributed by atoms with E-state index in [0.29, 0.717) is 5.56 Å². The summed E-state index contributed by atoms with van der Waals surface area (Å²) in [5.74, 6) is -3.82. The first-order valence-corrected chi connectivity index (χ1v) is 15.2. The second kappa shape index (κ2) is 13.5. The Balaban J connectivity index is 1.41. The van der Waals surface area contributed by atoms with E-state index in [1.807, 2.05) is 0 Å². The molecule has 0 aliphatic carbocycles. The SMILES string of the molecule is CC(=O)O[C@@H]1[C@@H](n2cc(-c3cc(F)c(Cl)c(F)c3)nn2)[C@H]2OC(c3ccccc3)OC[C@H]2O[C@H]1C(=O)Cc1cc(Cl)ccc1C(F)(F)F. The highest BCUT2D eigenvalue weighted by atomic mass is 35.5. The first-order chi connectivity index (χ1) is 22.8. The molecule has 48 heavy (non-hydrogen) atoms. The maximum atomic E-state index is 14.3. The third kappa shape index (κ3) is 6.94. The number of aromatic nitrogens is 3. The van der Waals surface area contributed by atoms with Gasteiger partial charge in [0.15, 0.2) is 24.3 Å². The van der Waals surface area contributed by atoms with E-state index in [0.717, 1.165) is 37.3 Å². The van der Waals surface area contributed by atoms with Gasteiger partial charge in [-0.05, 0) is 35.9 Å². The van der Waals surface area contributed by atoms with Crippen LogP contribution in [-0.2, 0) is 41.1 Å². The minimum absolute atomic E-state index is 0.0163. The molecule has 0 radical (unpaired) electrons. The van der Waals surface area contributed by atoms with Gasteiger partial charge in [-0.2, -0.15) is 13.2 Å². The van der Waals surface area contributed by atoms with Crippen LogP contribution in [0.4, 0.5) is 22.0 Å². The summed E-state index contributed by atoms with van der Waals surface area (Å²) in [6.07, 6.45) is -10.5. The number of rotatable bonds is 7. The number of esters is 1. The van der Waals surface area contributed by atoms with Crippen molar-refractivity contribution in [3.8, 4) is 11.3 Å². The monoisotopic (exact) mass is 711 g/mol. The number of benzene rings is 3. The third-order valence-electron chi connectivity index (χ3n) is 7.88. The molecule has 3 heterocycles. The molecule has 1 aromatic heterocycles. The summed E-state index contributed by atoms with van der Waals surface area (Å²) in [7, 11) is 0. The molecule has 0 N–H and O–H groups in total. The molecule has 2 saturated heterocycles. The number of Topliss-reactive ketones (excluding diaryl/α,β-unsaturated/α-hetero) is 1. The van der Waals surface area contributed by atoms with Crippen LogP contribution in [0.1, 0.15) is 35.9 Å². The van der Waals surface area contributed by atoms with Gasteiger partial charge in [0, 0.05) is 29.5 Å². The molecule has 2 aliphatic rings. The number of hydrogen-bond acceptors (Lipinski definition) is 8. The molecule has 6 rings (SSSR count). The van der Waals surface area contributed by atoms with Gasteiger partial charge in [-0.25, -0.2) is 13.5 Å². The number of hydrogen-bond donors (Lipinski definition) is 0. The fourth-order valence-electron chi connectivity index (χ4n) is 5.80. The quantitative estimate of drug-likeness (QED) is 0.118. The van der Waals surface area contributed by atoms with E-state index in [1.165, 1.54) is 10.9 Å². The molecule has 3 aromatic carbocycles. The molecule has 1 unspecified atom stereocenters. The smallest absolute Gasteiger partial charge is 0.416 e. The number of halogens is 7. The van der Waals surface area contributed by atoms with Crippen LogP contribution in [0.15, 0.2) is 66.9 Å². The van der Waals surface area contributed by atoms with Crippen molar-refractivity contribution in [3.05, 3.63) is 105 Å². The van der Waals surface area contributed by atoms with Gasteiger partial charge in [0.25, 0.3) is 0 Å². The van der Waals surface area contributed by atoms with E-state index in [2.05, 4.69) is 10.3 Å². The number of carbonyl (C=O) groups excluding carboxylic acids is 2. The fourth-order valence-corrected chi connectivity index (χ4v) is 6.10. The zero-order valence-corrected chi connectivity index (χ0v) is 26.2. The van der Waals surface area contributed by atoms with Gasteiger partial charge in [-0.15, -0.1) is 5.10 Å². The van der Waals surface area contributed by atoms with Gasteiger partial charge >= 0.3 is 12.1 Å². The van der Waals surface area contributed by atoms with Crippen molar-refractivity contribution in [2.75, 3.05) is 6.61 Å². The Hall–Kier alpha value is -3.95. The number of fused-ring (bicyclic) bond motifs is 1. The van der Waals surface area contributed by atoms with Gasteiger partial charge in [0.1, 0.15) is 40.6 Å². The van der Waals surface area contributed by atoms with Crippen LogP contribution < -0.4 is 0 Å². The molecular weight excluding hydrogens is 688 g/mol. The minimum Gasteiger partial charge on any atom is -0.457 e. The van der Waals surface area contributed by atoms with E-state index < -0.39 is 88.9 Å². The van der Waals surface area contributed by atoms with Crippen molar-refractivity contribution in [3.63, 3.8) is 0 Å². The average Bonchev–Trinajstić information content (AvgIpc) is 3.52. The highest BCUT2D eigenvalue weighted by Crippen LogP contribution is 2.42. The number of nitrogens with zero attached hydrogens (tertiary/aromatic N) is 3. The molecule has 0 amide bonds.